The van der Waals surface area contributed by atoms with Crippen LogP contribution < -0.4 is 0 Å². The highest BCUT2D eigenvalue weighted by Crippen LogP contribution is 2.41. The number of fused-ring (bicyclic) bond motifs is 1. The van der Waals surface area contributed by atoms with Crippen molar-refractivity contribution in [3.63, 3.8) is 0 Å². The van der Waals surface area contributed by atoms with Crippen molar-refractivity contribution in [1.82, 2.24) is 0 Å². The van der Waals surface area contributed by atoms with Crippen LogP contribution in [-0.2, 0) is 25.6 Å². The molecule has 0 radical (unpaired) electrons. The van der Waals surface area contributed by atoms with Crippen molar-refractivity contribution in [2.75, 3.05) is 0 Å². The van der Waals surface area contributed by atoms with Gasteiger partial charge in [0, 0.05) is 0 Å². The monoisotopic (exact) mass is 340 g/mol. The molecule has 5 heteroatoms. The lowest BCUT2D eigenvalue weighted by Crippen LogP contribution is -2.48. The zero-order chi connectivity index (χ0) is 17.2. The van der Waals surface area contributed by atoms with Crippen LogP contribution in [0.15, 0.2) is 60.7 Å². The van der Waals surface area contributed by atoms with Gasteiger partial charge in [-0.05, 0) is 11.1 Å². The number of aliphatic hydroxyl groups is 1. The molecule has 4 rings (SSSR count). The van der Waals surface area contributed by atoms with Crippen molar-refractivity contribution >= 4 is 5.97 Å². The van der Waals surface area contributed by atoms with E-state index < -0.39 is 30.4 Å². The first kappa shape index (κ1) is 16.3. The summed E-state index contributed by atoms with van der Waals surface area (Å²) in [5.74, 6) is -0.417. The van der Waals surface area contributed by atoms with E-state index in [0.29, 0.717) is 6.61 Å². The summed E-state index contributed by atoms with van der Waals surface area (Å²) in [6.07, 6.45) is -2.95. The first-order valence-electron chi connectivity index (χ1n) is 8.46. The van der Waals surface area contributed by atoms with Gasteiger partial charge in [0.05, 0.1) is 19.1 Å². The molecule has 2 aromatic rings. The van der Waals surface area contributed by atoms with E-state index in [1.807, 2.05) is 60.7 Å². The van der Waals surface area contributed by atoms with E-state index in [9.17, 15) is 9.90 Å². The van der Waals surface area contributed by atoms with E-state index in [0.717, 1.165) is 11.1 Å². The molecule has 0 saturated carbocycles. The Balaban J connectivity index is 1.59. The molecule has 2 aliphatic rings. The van der Waals surface area contributed by atoms with Gasteiger partial charge in [-0.1, -0.05) is 60.7 Å². The van der Waals surface area contributed by atoms with E-state index in [1.165, 1.54) is 0 Å². The van der Waals surface area contributed by atoms with Crippen LogP contribution >= 0.6 is 0 Å². The second kappa shape index (κ2) is 6.96. The fraction of sp³-hybridized carbons (Fsp3) is 0.350. The van der Waals surface area contributed by atoms with Crippen LogP contribution in [0.3, 0.4) is 0 Å². The summed E-state index contributed by atoms with van der Waals surface area (Å²) in [4.78, 5) is 11.8. The molecule has 5 nitrogen and oxygen atoms in total. The van der Waals surface area contributed by atoms with E-state index in [1.54, 1.807) is 0 Å². The molecule has 2 fully saturated rings. The zero-order valence-electron chi connectivity index (χ0n) is 13.7. The number of hydrogen-bond acceptors (Lipinski definition) is 5. The molecule has 2 saturated heterocycles. The molecule has 2 heterocycles. The van der Waals surface area contributed by atoms with Crippen LogP contribution in [0, 0.1) is 0 Å². The molecule has 0 amide bonds. The number of hydrogen-bond donors (Lipinski definition) is 1. The van der Waals surface area contributed by atoms with Crippen LogP contribution in [0.25, 0.3) is 0 Å². The van der Waals surface area contributed by atoms with E-state index in [4.69, 9.17) is 14.2 Å². The lowest BCUT2D eigenvalue weighted by molar-refractivity contribution is -0.177. The Morgan fingerprint density at radius 1 is 1.00 bits per heavy atom. The second-order valence-corrected chi connectivity index (χ2v) is 6.42. The molecule has 2 aromatic carbocycles. The summed E-state index contributed by atoms with van der Waals surface area (Å²) in [5.41, 5.74) is 1.97. The van der Waals surface area contributed by atoms with Gasteiger partial charge in [-0.2, -0.15) is 0 Å². The molecule has 0 aliphatic carbocycles. The molecule has 130 valence electrons. The van der Waals surface area contributed by atoms with E-state index in [2.05, 4.69) is 0 Å². The number of aliphatic hydroxyl groups excluding tert-OH is 1. The predicted octanol–water partition coefficient (Wildman–Crippen LogP) is 2.39. The first-order chi connectivity index (χ1) is 12.2. The Labute approximate surface area is 146 Å². The van der Waals surface area contributed by atoms with Crippen LogP contribution in [0.2, 0.25) is 0 Å². The number of benzene rings is 2. The zero-order valence-corrected chi connectivity index (χ0v) is 13.7. The fourth-order valence-corrected chi connectivity index (χ4v) is 3.47. The Bertz CT molecular complexity index is 717. The lowest BCUT2D eigenvalue weighted by atomic mass is 9.96. The Kier molecular flexibility index (Phi) is 4.53. The van der Waals surface area contributed by atoms with Crippen molar-refractivity contribution in [2.24, 2.45) is 0 Å². The van der Waals surface area contributed by atoms with Gasteiger partial charge in [-0.3, -0.25) is 4.79 Å². The van der Waals surface area contributed by atoms with Crippen molar-refractivity contribution in [2.45, 2.75) is 43.5 Å². The topological polar surface area (TPSA) is 65.0 Å². The summed E-state index contributed by atoms with van der Waals surface area (Å²) >= 11 is 0. The normalized spacial score (nSPS) is 31.4. The maximum atomic E-state index is 11.8. The standard InChI is InChI=1S/C20H20O5/c21-15-11-16(22)24-20-18(15)25-17(14-9-5-2-6-10-14)19(20)23-12-13-7-3-1-4-8-13/h1-10,15,17-21H,11-12H2/t15-,17-,18+,19-,20-/m1/s1. The van der Waals surface area contributed by atoms with Crippen LogP contribution in [-0.4, -0.2) is 35.5 Å². The third-order valence-corrected chi connectivity index (χ3v) is 4.69. The van der Waals surface area contributed by atoms with Crippen LogP contribution in [0.5, 0.6) is 0 Å². The number of carbonyl (C=O) groups excluding carboxylic acids is 1. The third-order valence-electron chi connectivity index (χ3n) is 4.69. The van der Waals surface area contributed by atoms with Gasteiger partial charge >= 0.3 is 5.97 Å². The second-order valence-electron chi connectivity index (χ2n) is 6.42. The number of rotatable bonds is 4. The van der Waals surface area contributed by atoms with Crippen molar-refractivity contribution in [1.29, 1.82) is 0 Å². The molecule has 25 heavy (non-hydrogen) atoms. The first-order valence-corrected chi connectivity index (χ1v) is 8.46. The molecule has 0 unspecified atom stereocenters. The molecule has 0 aromatic heterocycles. The van der Waals surface area contributed by atoms with Crippen LogP contribution in [0.1, 0.15) is 23.7 Å². The summed E-state index contributed by atoms with van der Waals surface area (Å²) in [6.45, 7) is 0.384. The van der Waals surface area contributed by atoms with E-state index in [-0.39, 0.29) is 12.5 Å². The van der Waals surface area contributed by atoms with Crippen LogP contribution in [0.4, 0.5) is 0 Å². The van der Waals surface area contributed by atoms with Gasteiger partial charge in [-0.25, -0.2) is 0 Å². The minimum atomic E-state index is -0.872. The minimum absolute atomic E-state index is 0.0475. The quantitative estimate of drug-likeness (QED) is 0.866. The Morgan fingerprint density at radius 2 is 1.68 bits per heavy atom. The highest BCUT2D eigenvalue weighted by Gasteiger charge is 2.53. The average Bonchev–Trinajstić information content (AvgIpc) is 3.00. The Hall–Kier alpha value is -2.21. The number of esters is 1. The van der Waals surface area contributed by atoms with Crippen molar-refractivity contribution in [3.8, 4) is 0 Å². The van der Waals surface area contributed by atoms with Gasteiger partial charge in [0.1, 0.15) is 18.3 Å². The summed E-state index contributed by atoms with van der Waals surface area (Å²) in [6, 6.07) is 19.5. The molecular weight excluding hydrogens is 320 g/mol. The van der Waals surface area contributed by atoms with Crippen molar-refractivity contribution in [3.05, 3.63) is 71.8 Å². The summed E-state index contributed by atoms with van der Waals surface area (Å²) in [5, 5.41) is 10.2. The largest absolute Gasteiger partial charge is 0.456 e. The maximum absolute atomic E-state index is 11.8. The molecule has 0 spiro atoms. The smallest absolute Gasteiger partial charge is 0.308 e. The van der Waals surface area contributed by atoms with Gasteiger partial charge in [-0.15, -0.1) is 0 Å². The van der Waals surface area contributed by atoms with E-state index >= 15 is 0 Å². The summed E-state index contributed by atoms with van der Waals surface area (Å²) < 4.78 is 17.7. The molecular formula is C20H20O5. The lowest BCUT2D eigenvalue weighted by Gasteiger charge is -2.30. The van der Waals surface area contributed by atoms with Gasteiger partial charge in [0.2, 0.25) is 0 Å². The SMILES string of the molecule is O=C1C[C@@H](O)[C@@H]2O[C@H](c3ccccc3)[C@@H](OCc3ccccc3)[C@@H]2O1. The number of carbonyl (C=O) groups is 1. The van der Waals surface area contributed by atoms with Gasteiger partial charge < -0.3 is 19.3 Å². The molecule has 0 bridgehead atoms. The summed E-state index contributed by atoms with van der Waals surface area (Å²) in [7, 11) is 0. The molecule has 5 atom stereocenters. The highest BCUT2D eigenvalue weighted by atomic mass is 16.6. The Morgan fingerprint density at radius 3 is 2.40 bits per heavy atom. The molecule has 1 N–H and O–H groups in total. The molecule has 2 aliphatic heterocycles. The minimum Gasteiger partial charge on any atom is -0.456 e. The fourth-order valence-electron chi connectivity index (χ4n) is 3.47. The van der Waals surface area contributed by atoms with Gasteiger partial charge in [0.15, 0.2) is 6.10 Å². The van der Waals surface area contributed by atoms with Gasteiger partial charge in [0.25, 0.3) is 0 Å². The predicted molar refractivity (Wildman–Crippen MR) is 89.6 cm³/mol. The number of ether oxygens (including phenoxy) is 3. The maximum Gasteiger partial charge on any atom is 0.308 e. The average molecular weight is 340 g/mol. The highest BCUT2D eigenvalue weighted by molar-refractivity contribution is 5.71. The van der Waals surface area contributed by atoms with Crippen molar-refractivity contribution < 1.29 is 24.1 Å². The third kappa shape index (κ3) is 3.31.